The summed E-state index contributed by atoms with van der Waals surface area (Å²) in [5.41, 5.74) is -0.507. The summed E-state index contributed by atoms with van der Waals surface area (Å²) in [6.45, 7) is 16.8. The van der Waals surface area contributed by atoms with Gasteiger partial charge in [-0.25, -0.2) is 13.6 Å². The van der Waals surface area contributed by atoms with Gasteiger partial charge in [0.05, 0.1) is 5.54 Å². The fourth-order valence-corrected chi connectivity index (χ4v) is 2.28. The molecule has 3 N–H and O–H groups in total. The predicted octanol–water partition coefficient (Wildman–Crippen LogP) is 4.31. The molecule has 0 aliphatic heterocycles. The standard InChI is InChI=1S/C16H33N3O3.C7H6F2/c1-12(2)11-18-13(20)16(6,7)19-10-8-9-17-14(21)22-15(3,4)5;1-5-2-6(8)4-7(9)3-5/h12,19H,8-11H2,1-7H3,(H,17,21)(H,18,20);2-4H,1H3. The Hall–Kier alpha value is -2.22. The molecule has 0 unspecified atom stereocenters. The average molecular weight is 444 g/mol. The van der Waals surface area contributed by atoms with Crippen LogP contribution in [0, 0.1) is 24.5 Å². The van der Waals surface area contributed by atoms with Crippen molar-refractivity contribution in [3.05, 3.63) is 35.4 Å². The first-order valence-corrected chi connectivity index (χ1v) is 10.6. The Balaban J connectivity index is 0.000000823. The van der Waals surface area contributed by atoms with Crippen molar-refractivity contribution >= 4 is 12.0 Å². The maximum absolute atomic E-state index is 12.2. The van der Waals surface area contributed by atoms with Crippen molar-refractivity contribution in [2.24, 2.45) is 5.92 Å². The van der Waals surface area contributed by atoms with Gasteiger partial charge in [-0.05, 0) is 78.1 Å². The minimum absolute atomic E-state index is 0.0127. The smallest absolute Gasteiger partial charge is 0.407 e. The van der Waals surface area contributed by atoms with Crippen molar-refractivity contribution in [2.75, 3.05) is 19.6 Å². The molecule has 0 saturated carbocycles. The van der Waals surface area contributed by atoms with Crippen LogP contribution >= 0.6 is 0 Å². The molecule has 0 saturated heterocycles. The number of rotatable bonds is 8. The summed E-state index contributed by atoms with van der Waals surface area (Å²) in [6, 6.07) is 3.42. The van der Waals surface area contributed by atoms with Crippen molar-refractivity contribution in [3.8, 4) is 0 Å². The summed E-state index contributed by atoms with van der Waals surface area (Å²) in [4.78, 5) is 23.5. The molecule has 0 aliphatic carbocycles. The number of benzene rings is 1. The van der Waals surface area contributed by atoms with Crippen LogP contribution in [-0.4, -0.2) is 42.8 Å². The first-order chi connectivity index (χ1) is 14.1. The third kappa shape index (κ3) is 15.3. The monoisotopic (exact) mass is 443 g/mol. The maximum atomic E-state index is 12.2. The quantitative estimate of drug-likeness (QED) is 0.523. The molecule has 1 rings (SSSR count). The zero-order valence-corrected chi connectivity index (χ0v) is 20.1. The molecule has 0 spiro atoms. The molecule has 0 bridgehead atoms. The summed E-state index contributed by atoms with van der Waals surface area (Å²) >= 11 is 0. The Morgan fingerprint density at radius 1 is 0.968 bits per heavy atom. The van der Waals surface area contributed by atoms with Gasteiger partial charge < -0.3 is 20.7 Å². The lowest BCUT2D eigenvalue weighted by Gasteiger charge is -2.26. The van der Waals surface area contributed by atoms with Crippen LogP contribution in [0.3, 0.4) is 0 Å². The third-order valence-electron chi connectivity index (χ3n) is 3.83. The van der Waals surface area contributed by atoms with Gasteiger partial charge in [-0.1, -0.05) is 13.8 Å². The molecule has 2 amide bonds. The summed E-state index contributed by atoms with van der Waals surface area (Å²) < 4.78 is 29.5. The van der Waals surface area contributed by atoms with E-state index < -0.39 is 28.9 Å². The van der Waals surface area contributed by atoms with Crippen LogP contribution in [0.15, 0.2) is 18.2 Å². The Kier molecular flexibility index (Phi) is 12.3. The first-order valence-electron chi connectivity index (χ1n) is 10.6. The lowest BCUT2D eigenvalue weighted by atomic mass is 10.0. The van der Waals surface area contributed by atoms with Gasteiger partial charge >= 0.3 is 6.09 Å². The van der Waals surface area contributed by atoms with E-state index >= 15 is 0 Å². The van der Waals surface area contributed by atoms with E-state index in [9.17, 15) is 18.4 Å². The fourth-order valence-electron chi connectivity index (χ4n) is 2.28. The number of hydrogen-bond acceptors (Lipinski definition) is 4. The second kappa shape index (κ2) is 13.2. The number of carbonyl (C=O) groups is 2. The molecule has 0 aromatic heterocycles. The largest absolute Gasteiger partial charge is 0.444 e. The van der Waals surface area contributed by atoms with E-state index in [2.05, 4.69) is 29.8 Å². The molecule has 0 atom stereocenters. The highest BCUT2D eigenvalue weighted by molar-refractivity contribution is 5.85. The van der Waals surface area contributed by atoms with Gasteiger partial charge in [0.2, 0.25) is 5.91 Å². The van der Waals surface area contributed by atoms with Gasteiger partial charge in [0, 0.05) is 19.2 Å². The molecular weight excluding hydrogens is 404 g/mol. The molecule has 0 aliphatic rings. The summed E-state index contributed by atoms with van der Waals surface area (Å²) in [6.07, 6.45) is 0.307. The van der Waals surface area contributed by atoms with Gasteiger partial charge in [-0.2, -0.15) is 0 Å². The van der Waals surface area contributed by atoms with Gasteiger partial charge in [-0.3, -0.25) is 4.79 Å². The van der Waals surface area contributed by atoms with Gasteiger partial charge in [0.15, 0.2) is 0 Å². The van der Waals surface area contributed by atoms with Crippen LogP contribution in [0.1, 0.15) is 60.5 Å². The van der Waals surface area contributed by atoms with Crippen LogP contribution in [0.2, 0.25) is 0 Å². The normalized spacial score (nSPS) is 11.5. The maximum Gasteiger partial charge on any atom is 0.407 e. The molecule has 6 nitrogen and oxygen atoms in total. The van der Waals surface area contributed by atoms with Crippen molar-refractivity contribution in [1.82, 2.24) is 16.0 Å². The minimum atomic E-state index is -0.624. The molecule has 0 fully saturated rings. The number of alkyl carbamates (subject to hydrolysis) is 1. The zero-order chi connectivity index (χ0) is 24.2. The second-order valence-electron chi connectivity index (χ2n) is 9.38. The molecule has 31 heavy (non-hydrogen) atoms. The lowest BCUT2D eigenvalue weighted by Crippen LogP contribution is -2.53. The highest BCUT2D eigenvalue weighted by atomic mass is 19.1. The minimum Gasteiger partial charge on any atom is -0.444 e. The van der Waals surface area contributed by atoms with Gasteiger partial charge in [0.1, 0.15) is 17.2 Å². The SMILES string of the molecule is CC(C)CNC(=O)C(C)(C)NCCCNC(=O)OC(C)(C)C.Cc1cc(F)cc(F)c1. The molecule has 1 aromatic rings. The van der Waals surface area contributed by atoms with E-state index in [0.29, 0.717) is 31.1 Å². The van der Waals surface area contributed by atoms with Crippen LogP contribution < -0.4 is 16.0 Å². The van der Waals surface area contributed by atoms with Crippen molar-refractivity contribution in [1.29, 1.82) is 0 Å². The van der Waals surface area contributed by atoms with E-state index in [0.717, 1.165) is 12.5 Å². The van der Waals surface area contributed by atoms with Crippen LogP contribution in [0.5, 0.6) is 0 Å². The topological polar surface area (TPSA) is 79.5 Å². The first kappa shape index (κ1) is 28.8. The number of hydrogen-bond donors (Lipinski definition) is 3. The molecule has 178 valence electrons. The highest BCUT2D eigenvalue weighted by Gasteiger charge is 2.26. The Bertz CT molecular complexity index is 651. The highest BCUT2D eigenvalue weighted by Crippen LogP contribution is 2.07. The number of amides is 2. The van der Waals surface area contributed by atoms with Crippen molar-refractivity contribution < 1.29 is 23.1 Å². The third-order valence-corrected chi connectivity index (χ3v) is 3.83. The van der Waals surface area contributed by atoms with E-state index in [1.54, 1.807) is 6.92 Å². The predicted molar refractivity (Wildman–Crippen MR) is 120 cm³/mol. The number of ether oxygens (including phenoxy) is 1. The molecule has 0 heterocycles. The summed E-state index contributed by atoms with van der Waals surface area (Å²) in [5, 5.41) is 8.81. The van der Waals surface area contributed by atoms with Crippen LogP contribution in [0.25, 0.3) is 0 Å². The Morgan fingerprint density at radius 3 is 1.97 bits per heavy atom. The number of carbonyl (C=O) groups excluding carboxylic acids is 2. The van der Waals surface area contributed by atoms with Crippen molar-refractivity contribution in [3.63, 3.8) is 0 Å². The van der Waals surface area contributed by atoms with Gasteiger partial charge in [-0.15, -0.1) is 0 Å². The second-order valence-corrected chi connectivity index (χ2v) is 9.38. The number of halogens is 2. The number of nitrogens with one attached hydrogen (secondary N) is 3. The van der Waals surface area contributed by atoms with Gasteiger partial charge in [0.25, 0.3) is 0 Å². The average Bonchev–Trinajstić information content (AvgIpc) is 2.56. The Labute approximate surface area is 185 Å². The van der Waals surface area contributed by atoms with E-state index in [4.69, 9.17) is 4.74 Å². The number of aryl methyl sites for hydroxylation is 1. The van der Waals surface area contributed by atoms with Crippen LogP contribution in [0.4, 0.5) is 13.6 Å². The molecule has 1 aromatic carbocycles. The molecule has 8 heteroatoms. The fraction of sp³-hybridized carbons (Fsp3) is 0.652. The zero-order valence-electron chi connectivity index (χ0n) is 20.1. The van der Waals surface area contributed by atoms with E-state index in [-0.39, 0.29) is 5.91 Å². The molecular formula is C23H39F2N3O3. The lowest BCUT2D eigenvalue weighted by molar-refractivity contribution is -0.126. The summed E-state index contributed by atoms with van der Waals surface area (Å²) in [7, 11) is 0. The van der Waals surface area contributed by atoms with E-state index in [1.807, 2.05) is 34.6 Å². The van der Waals surface area contributed by atoms with Crippen LogP contribution in [-0.2, 0) is 9.53 Å². The van der Waals surface area contributed by atoms with E-state index in [1.165, 1.54) is 12.1 Å². The van der Waals surface area contributed by atoms with Crippen molar-refractivity contribution in [2.45, 2.75) is 73.0 Å². The molecule has 0 radical (unpaired) electrons. The summed E-state index contributed by atoms with van der Waals surface area (Å²) in [5.74, 6) is -0.626. The Morgan fingerprint density at radius 2 is 1.52 bits per heavy atom.